The summed E-state index contributed by atoms with van der Waals surface area (Å²) < 4.78 is 35.5. The molecule has 0 bridgehead atoms. The van der Waals surface area contributed by atoms with E-state index in [4.69, 9.17) is 5.73 Å². The maximum atomic E-state index is 13.2. The molecule has 0 aliphatic rings. The number of halogens is 1. The van der Waals surface area contributed by atoms with Crippen LogP contribution in [0.2, 0.25) is 0 Å². The molecule has 0 radical (unpaired) electrons. The van der Waals surface area contributed by atoms with Gasteiger partial charge in [-0.3, -0.25) is 40.5 Å². The summed E-state index contributed by atoms with van der Waals surface area (Å²) in [5.74, 6) is 0. The second-order valence-corrected chi connectivity index (χ2v) is 12.5. The van der Waals surface area contributed by atoms with Crippen LogP contribution >= 0.6 is 22.7 Å². The quantitative estimate of drug-likeness (QED) is 0.0636. The van der Waals surface area contributed by atoms with Gasteiger partial charge in [0.2, 0.25) is 5.00 Å². The third kappa shape index (κ3) is 9.05. The Morgan fingerprint density at radius 2 is 1.38 bits per heavy atom. The van der Waals surface area contributed by atoms with Crippen LogP contribution in [-0.4, -0.2) is 34.7 Å². The van der Waals surface area contributed by atoms with E-state index >= 15 is 0 Å². The lowest BCUT2D eigenvalue weighted by Crippen LogP contribution is -2.17. The summed E-state index contributed by atoms with van der Waals surface area (Å²) in [5.41, 5.74) is 7.02. The standard InChI is InChI=1S/C21H20FN5O6S2.C4H3N3O4S/c1-3-5-14-12-15(23-24-21-19(26(28)29)13-20(34-21)27(30)31)6-11-18(14)25(4-2)16-7-9-17(10-8-16)35(22,32)33;5-4-2(6(8)9)1-3(12-4)7(10)11/h6-13H,3-5H2,1-2H3;1H,5H2. The molecule has 0 saturated heterocycles. The number of benzene rings is 2. The molecule has 0 aliphatic carbocycles. The van der Waals surface area contributed by atoms with E-state index < -0.39 is 51.2 Å². The largest absolute Gasteiger partial charge is 0.385 e. The van der Waals surface area contributed by atoms with Crippen LogP contribution in [0.25, 0.3) is 0 Å². The van der Waals surface area contributed by atoms with Gasteiger partial charge in [-0.05, 0) is 84.0 Å². The molecule has 4 rings (SSSR count). The maximum Gasteiger partial charge on any atom is 0.333 e. The van der Waals surface area contributed by atoms with Crippen molar-refractivity contribution >= 4 is 81.3 Å². The summed E-state index contributed by atoms with van der Waals surface area (Å²) in [6, 6.07) is 12.3. The van der Waals surface area contributed by atoms with Crippen molar-refractivity contribution in [1.82, 2.24) is 0 Å². The molecule has 47 heavy (non-hydrogen) atoms. The Hall–Kier alpha value is -5.48. The topological polar surface area (TPSA) is 261 Å². The van der Waals surface area contributed by atoms with E-state index in [9.17, 15) is 52.8 Å². The fraction of sp³-hybridized carbons (Fsp3) is 0.200. The number of nitrogens with two attached hydrogens (primary N) is 1. The zero-order valence-electron chi connectivity index (χ0n) is 24.2. The Kier molecular flexibility index (Phi) is 11.6. The molecule has 0 amide bonds. The van der Waals surface area contributed by atoms with E-state index in [-0.39, 0.29) is 15.0 Å². The number of azo groups is 1. The van der Waals surface area contributed by atoms with E-state index in [1.54, 1.807) is 18.2 Å². The highest BCUT2D eigenvalue weighted by Crippen LogP contribution is 2.42. The molecule has 0 spiro atoms. The molecular weight excluding hydrogens is 688 g/mol. The highest BCUT2D eigenvalue weighted by molar-refractivity contribution is 7.86. The number of hydrogen-bond acceptors (Lipinski definition) is 16. The predicted molar refractivity (Wildman–Crippen MR) is 172 cm³/mol. The van der Waals surface area contributed by atoms with Crippen molar-refractivity contribution < 1.29 is 32.0 Å². The fourth-order valence-electron chi connectivity index (χ4n) is 4.02. The summed E-state index contributed by atoms with van der Waals surface area (Å²) in [6.45, 7) is 4.43. The Balaban J connectivity index is 0.000000420. The number of rotatable bonds is 12. The third-order valence-electron chi connectivity index (χ3n) is 6.04. The first-order valence-electron chi connectivity index (χ1n) is 13.0. The van der Waals surface area contributed by atoms with Crippen molar-refractivity contribution in [1.29, 1.82) is 0 Å². The average Bonchev–Trinajstić information content (AvgIpc) is 3.62. The SMILES string of the molecule is CCCc1cc(N=Nc2sc([N+](=O)[O-])cc2[N+](=O)[O-])ccc1N(CC)c1ccc(S(=O)(=O)F)cc1.Nc1sc([N+](=O)[O-])cc1[N+](=O)[O-]. The summed E-state index contributed by atoms with van der Waals surface area (Å²) >= 11 is 1.15. The number of aryl methyl sites for hydroxylation is 1. The number of anilines is 3. The van der Waals surface area contributed by atoms with Crippen molar-refractivity contribution in [2.45, 2.75) is 31.6 Å². The van der Waals surface area contributed by atoms with E-state index in [1.807, 2.05) is 18.7 Å². The van der Waals surface area contributed by atoms with Crippen LogP contribution in [-0.2, 0) is 16.6 Å². The summed E-state index contributed by atoms with van der Waals surface area (Å²) in [4.78, 5) is 41.0. The lowest BCUT2D eigenvalue weighted by molar-refractivity contribution is -0.390. The molecule has 4 aromatic rings. The van der Waals surface area contributed by atoms with Crippen molar-refractivity contribution in [3.05, 3.63) is 101 Å². The highest BCUT2D eigenvalue weighted by atomic mass is 32.3. The number of thiophene rings is 2. The van der Waals surface area contributed by atoms with Gasteiger partial charge in [-0.25, -0.2) is 0 Å². The number of nitro groups is 4. The predicted octanol–water partition coefficient (Wildman–Crippen LogP) is 7.90. The van der Waals surface area contributed by atoms with Gasteiger partial charge in [-0.1, -0.05) is 13.3 Å². The van der Waals surface area contributed by atoms with Crippen LogP contribution < -0.4 is 10.6 Å². The van der Waals surface area contributed by atoms with Crippen molar-refractivity contribution in [2.24, 2.45) is 10.2 Å². The van der Waals surface area contributed by atoms with Gasteiger partial charge >= 0.3 is 31.6 Å². The van der Waals surface area contributed by atoms with Crippen LogP contribution in [0.1, 0.15) is 25.8 Å². The minimum absolute atomic E-state index is 0.147. The Morgan fingerprint density at radius 3 is 1.85 bits per heavy atom. The van der Waals surface area contributed by atoms with E-state index in [1.165, 1.54) is 24.3 Å². The molecule has 0 atom stereocenters. The molecule has 0 unspecified atom stereocenters. The first kappa shape index (κ1) is 36.0. The average molecular weight is 711 g/mol. The second-order valence-electron chi connectivity index (χ2n) is 9.08. The third-order valence-corrected chi connectivity index (χ3v) is 8.74. The van der Waals surface area contributed by atoms with Gasteiger partial charge in [-0.2, -0.15) is 8.42 Å². The summed E-state index contributed by atoms with van der Waals surface area (Å²) in [5, 5.41) is 49.3. The van der Waals surface area contributed by atoms with Crippen LogP contribution in [0.4, 0.5) is 52.3 Å². The molecule has 2 heterocycles. The molecular formula is C25H23FN8O10S3. The van der Waals surface area contributed by atoms with Crippen LogP contribution in [0.5, 0.6) is 0 Å². The van der Waals surface area contributed by atoms with Gasteiger partial charge in [0, 0.05) is 17.9 Å². The smallest absolute Gasteiger partial charge is 0.333 e. The summed E-state index contributed by atoms with van der Waals surface area (Å²) in [6.07, 6.45) is 1.46. The molecule has 248 valence electrons. The number of nitrogens with zero attached hydrogens (tertiary/aromatic N) is 7. The lowest BCUT2D eigenvalue weighted by Gasteiger charge is -2.26. The van der Waals surface area contributed by atoms with Gasteiger partial charge in [-0.15, -0.1) is 14.1 Å². The molecule has 2 aromatic carbocycles. The van der Waals surface area contributed by atoms with E-state index in [0.29, 0.717) is 47.0 Å². The second kappa shape index (κ2) is 15.2. The van der Waals surface area contributed by atoms with Gasteiger partial charge < -0.3 is 10.6 Å². The van der Waals surface area contributed by atoms with Crippen LogP contribution in [0.3, 0.4) is 0 Å². The van der Waals surface area contributed by atoms with Gasteiger partial charge in [0.1, 0.15) is 12.1 Å². The molecule has 2 aromatic heterocycles. The van der Waals surface area contributed by atoms with Crippen molar-refractivity contribution in [3.8, 4) is 0 Å². The summed E-state index contributed by atoms with van der Waals surface area (Å²) in [7, 11) is -4.80. The molecule has 22 heteroatoms. The lowest BCUT2D eigenvalue weighted by atomic mass is 10.1. The Bertz CT molecular complexity index is 1960. The van der Waals surface area contributed by atoms with Crippen molar-refractivity contribution in [3.63, 3.8) is 0 Å². The van der Waals surface area contributed by atoms with Gasteiger partial charge in [0.05, 0.1) is 30.3 Å². The zero-order valence-corrected chi connectivity index (χ0v) is 26.7. The van der Waals surface area contributed by atoms with Crippen LogP contribution in [0.15, 0.2) is 69.7 Å². The van der Waals surface area contributed by atoms with Crippen LogP contribution in [0, 0.1) is 40.5 Å². The molecule has 0 fully saturated rings. The molecule has 18 nitrogen and oxygen atoms in total. The van der Waals surface area contributed by atoms with E-state index in [2.05, 4.69) is 10.2 Å². The first-order chi connectivity index (χ1) is 22.1. The maximum absolute atomic E-state index is 13.2. The molecule has 0 aliphatic heterocycles. The Labute approximate surface area is 272 Å². The normalized spacial score (nSPS) is 11.1. The highest BCUT2D eigenvalue weighted by Gasteiger charge is 2.25. The number of nitrogen functional groups attached to an aromatic ring is 1. The molecule has 2 N–H and O–H groups in total. The van der Waals surface area contributed by atoms with Gasteiger partial charge in [0.15, 0.2) is 5.00 Å². The van der Waals surface area contributed by atoms with Gasteiger partial charge in [0.25, 0.3) is 0 Å². The number of hydrogen-bond donors (Lipinski definition) is 1. The monoisotopic (exact) mass is 710 g/mol. The minimum Gasteiger partial charge on any atom is -0.385 e. The van der Waals surface area contributed by atoms with Crippen molar-refractivity contribution in [2.75, 3.05) is 17.2 Å². The van der Waals surface area contributed by atoms with E-state index in [0.717, 1.165) is 29.8 Å². The molecule has 0 saturated carbocycles. The Morgan fingerprint density at radius 1 is 0.809 bits per heavy atom. The minimum atomic E-state index is -4.80. The first-order valence-corrected chi connectivity index (χ1v) is 16.1. The zero-order chi connectivity index (χ0) is 35.1. The fourth-order valence-corrected chi connectivity index (χ4v) is 5.95.